The first-order valence-corrected chi connectivity index (χ1v) is 13.5. The van der Waals surface area contributed by atoms with Gasteiger partial charge in [-0.3, -0.25) is 4.79 Å². The molecule has 3 aromatic rings. The third-order valence-corrected chi connectivity index (χ3v) is 7.27. The van der Waals surface area contributed by atoms with E-state index in [4.69, 9.17) is 9.47 Å². The largest absolute Gasteiger partial charge is 0.490 e. The summed E-state index contributed by atoms with van der Waals surface area (Å²) in [5, 5.41) is 19.9. The molecule has 0 fully saturated rings. The van der Waals surface area contributed by atoms with Crippen molar-refractivity contribution in [1.29, 1.82) is 0 Å². The summed E-state index contributed by atoms with van der Waals surface area (Å²) in [4.78, 5) is 11.4. The van der Waals surface area contributed by atoms with Crippen LogP contribution < -0.4 is 9.47 Å². The van der Waals surface area contributed by atoms with E-state index in [-0.39, 0.29) is 30.2 Å². The number of rotatable bonds is 14. The Morgan fingerprint density at radius 3 is 2.41 bits per heavy atom. The number of aliphatic carboxylic acids is 1. The topological polar surface area (TPSA) is 76.0 Å². The number of halogens is 1. The number of ether oxygens (including phenoxy) is 2. The van der Waals surface area contributed by atoms with Crippen LogP contribution in [0.25, 0.3) is 0 Å². The van der Waals surface area contributed by atoms with Gasteiger partial charge >= 0.3 is 5.97 Å². The van der Waals surface area contributed by atoms with Gasteiger partial charge in [0.15, 0.2) is 0 Å². The van der Waals surface area contributed by atoms with E-state index in [1.807, 2.05) is 63.2 Å². The molecular weight excluding hydrogens is 491 g/mol. The van der Waals surface area contributed by atoms with Crippen molar-refractivity contribution in [3.8, 4) is 11.5 Å². The van der Waals surface area contributed by atoms with Crippen molar-refractivity contribution in [3.63, 3.8) is 0 Å². The molecule has 0 aliphatic heterocycles. The zero-order valence-electron chi connectivity index (χ0n) is 21.5. The molecule has 1 unspecified atom stereocenters. The molecule has 0 radical (unpaired) electrons. The number of thioether (sulfide) groups is 1. The van der Waals surface area contributed by atoms with Crippen molar-refractivity contribution < 1.29 is 28.9 Å². The van der Waals surface area contributed by atoms with Gasteiger partial charge in [0.25, 0.3) is 0 Å². The van der Waals surface area contributed by atoms with E-state index in [1.165, 1.54) is 23.9 Å². The lowest BCUT2D eigenvalue weighted by Gasteiger charge is -2.24. The van der Waals surface area contributed by atoms with Crippen LogP contribution in [-0.2, 0) is 10.5 Å². The average Bonchev–Trinajstić information content (AvgIpc) is 2.86. The molecule has 3 rings (SSSR count). The predicted molar refractivity (Wildman–Crippen MR) is 146 cm³/mol. The van der Waals surface area contributed by atoms with Crippen molar-refractivity contribution >= 4 is 17.7 Å². The van der Waals surface area contributed by atoms with E-state index in [0.29, 0.717) is 30.1 Å². The number of aliphatic hydroxyl groups excluding tert-OH is 1. The predicted octanol–water partition coefficient (Wildman–Crippen LogP) is 6.88. The highest BCUT2D eigenvalue weighted by Gasteiger charge is 2.22. The minimum atomic E-state index is -0.890. The Morgan fingerprint density at radius 2 is 1.76 bits per heavy atom. The maximum atomic E-state index is 13.3. The number of aryl methyl sites for hydroxylation is 2. The summed E-state index contributed by atoms with van der Waals surface area (Å²) in [6.07, 6.45) is -0.229. The lowest BCUT2D eigenvalue weighted by Crippen LogP contribution is -2.25. The fraction of sp³-hybridized carbons (Fsp3) is 0.367. The fourth-order valence-electron chi connectivity index (χ4n) is 4.21. The van der Waals surface area contributed by atoms with E-state index >= 15 is 0 Å². The normalized spacial score (nSPS) is 13.5. The van der Waals surface area contributed by atoms with Crippen LogP contribution in [0.2, 0.25) is 0 Å². The molecule has 37 heavy (non-hydrogen) atoms. The molecule has 2 N–H and O–H groups in total. The molecule has 0 amide bonds. The molecule has 0 aliphatic rings. The highest BCUT2D eigenvalue weighted by atomic mass is 32.2. The van der Waals surface area contributed by atoms with Gasteiger partial charge in [-0.15, -0.1) is 0 Å². The minimum absolute atomic E-state index is 0.0336. The molecule has 0 aliphatic carbocycles. The highest BCUT2D eigenvalue weighted by Crippen LogP contribution is 2.35. The van der Waals surface area contributed by atoms with Crippen molar-refractivity contribution in [2.24, 2.45) is 0 Å². The molecule has 198 valence electrons. The zero-order chi connectivity index (χ0) is 26.8. The standard InChI is InChI=1S/C30H35FO5S/c1-4-28(36-25-12-10-23(31)11-13-25)27-15-20(2)14-21(3)30(27)35-18-24(32)16-26(17-29(33)34)37-19-22-8-6-5-7-9-22/h5-15,24,26,28,32H,4,16-19H2,1-3H3,(H,33,34)/t24-,26+,28?/m0/s1. The van der Waals surface area contributed by atoms with Gasteiger partial charge in [0.1, 0.15) is 30.0 Å². The van der Waals surface area contributed by atoms with Gasteiger partial charge in [0, 0.05) is 16.6 Å². The van der Waals surface area contributed by atoms with Gasteiger partial charge in [-0.25, -0.2) is 4.39 Å². The van der Waals surface area contributed by atoms with E-state index < -0.39 is 12.1 Å². The molecule has 0 spiro atoms. The van der Waals surface area contributed by atoms with Crippen LogP contribution in [0.4, 0.5) is 4.39 Å². The maximum absolute atomic E-state index is 13.3. The summed E-state index contributed by atoms with van der Waals surface area (Å²) in [6.45, 7) is 5.99. The molecule has 0 saturated heterocycles. The Morgan fingerprint density at radius 1 is 1.05 bits per heavy atom. The first-order chi connectivity index (χ1) is 17.7. The van der Waals surface area contributed by atoms with Crippen LogP contribution in [-0.4, -0.2) is 34.1 Å². The number of carbonyl (C=O) groups is 1. The molecular formula is C30H35FO5S. The minimum Gasteiger partial charge on any atom is -0.490 e. The van der Waals surface area contributed by atoms with Crippen molar-refractivity contribution in [2.75, 3.05) is 6.61 Å². The summed E-state index contributed by atoms with van der Waals surface area (Å²) >= 11 is 1.53. The van der Waals surface area contributed by atoms with Crippen LogP contribution in [0, 0.1) is 19.7 Å². The van der Waals surface area contributed by atoms with Crippen LogP contribution in [0.3, 0.4) is 0 Å². The third-order valence-electron chi connectivity index (χ3n) is 5.94. The van der Waals surface area contributed by atoms with Crippen LogP contribution >= 0.6 is 11.8 Å². The number of aliphatic hydroxyl groups is 1. The quantitative estimate of drug-likeness (QED) is 0.239. The zero-order valence-corrected chi connectivity index (χ0v) is 22.3. The molecule has 0 aromatic heterocycles. The Balaban J connectivity index is 1.69. The molecule has 0 saturated carbocycles. The lowest BCUT2D eigenvalue weighted by atomic mass is 9.99. The van der Waals surface area contributed by atoms with E-state index in [1.54, 1.807) is 12.1 Å². The van der Waals surface area contributed by atoms with Crippen LogP contribution in [0.1, 0.15) is 54.5 Å². The SMILES string of the molecule is CCC(Oc1ccc(F)cc1)c1cc(C)cc(C)c1OC[C@@H](O)C[C@H](CC(=O)O)SCc1ccccc1. The maximum Gasteiger partial charge on any atom is 0.304 e. The lowest BCUT2D eigenvalue weighted by molar-refractivity contribution is -0.137. The Hall–Kier alpha value is -3.03. The number of carboxylic acid groups (broad SMARTS) is 1. The summed E-state index contributed by atoms with van der Waals surface area (Å²) < 4.78 is 25.6. The molecule has 3 aromatic carbocycles. The second kappa shape index (κ2) is 14.1. The second-order valence-electron chi connectivity index (χ2n) is 9.19. The van der Waals surface area contributed by atoms with Gasteiger partial charge in [0.2, 0.25) is 0 Å². The van der Waals surface area contributed by atoms with Gasteiger partial charge in [-0.05, 0) is 68.1 Å². The van der Waals surface area contributed by atoms with E-state index in [0.717, 1.165) is 22.3 Å². The molecule has 3 atom stereocenters. The van der Waals surface area contributed by atoms with Crippen LogP contribution in [0.5, 0.6) is 11.5 Å². The monoisotopic (exact) mass is 526 g/mol. The highest BCUT2D eigenvalue weighted by molar-refractivity contribution is 7.99. The fourth-order valence-corrected chi connectivity index (χ4v) is 5.45. The molecule has 5 nitrogen and oxygen atoms in total. The Labute approximate surface area is 222 Å². The number of hydrogen-bond donors (Lipinski definition) is 2. The third kappa shape index (κ3) is 9.09. The van der Waals surface area contributed by atoms with Gasteiger partial charge in [0.05, 0.1) is 12.5 Å². The van der Waals surface area contributed by atoms with Crippen molar-refractivity contribution in [3.05, 3.63) is 94.8 Å². The first-order valence-electron chi connectivity index (χ1n) is 12.5. The average molecular weight is 527 g/mol. The van der Waals surface area contributed by atoms with E-state index in [9.17, 15) is 19.4 Å². The summed E-state index contributed by atoms with van der Waals surface area (Å²) in [7, 11) is 0. The summed E-state index contributed by atoms with van der Waals surface area (Å²) in [6, 6.07) is 19.8. The number of carboxylic acids is 1. The molecule has 0 bridgehead atoms. The van der Waals surface area contributed by atoms with E-state index in [2.05, 4.69) is 0 Å². The second-order valence-corrected chi connectivity index (χ2v) is 10.5. The van der Waals surface area contributed by atoms with Crippen LogP contribution in [0.15, 0.2) is 66.7 Å². The van der Waals surface area contributed by atoms with Gasteiger partial charge in [-0.1, -0.05) is 48.9 Å². The van der Waals surface area contributed by atoms with Gasteiger partial charge in [-0.2, -0.15) is 11.8 Å². The smallest absolute Gasteiger partial charge is 0.304 e. The summed E-state index contributed by atoms with van der Waals surface area (Å²) in [5.74, 6) is 0.662. The Bertz CT molecular complexity index is 1140. The number of hydrogen-bond acceptors (Lipinski definition) is 5. The molecule has 0 heterocycles. The number of benzene rings is 3. The Kier molecular flexibility index (Phi) is 10.8. The first kappa shape index (κ1) is 28.5. The van der Waals surface area contributed by atoms with Gasteiger partial charge < -0.3 is 19.7 Å². The van der Waals surface area contributed by atoms with Crippen molar-refractivity contribution in [2.45, 2.75) is 63.2 Å². The summed E-state index contributed by atoms with van der Waals surface area (Å²) in [5.41, 5.74) is 3.95. The molecule has 7 heteroatoms. The van der Waals surface area contributed by atoms with Crippen molar-refractivity contribution in [1.82, 2.24) is 0 Å².